The number of nitrogens with one attached hydrogen (secondary N) is 1. The predicted octanol–water partition coefficient (Wildman–Crippen LogP) is 1.64. The zero-order valence-electron chi connectivity index (χ0n) is 6.79. The van der Waals surface area contributed by atoms with Crippen LogP contribution >= 0.6 is 15.9 Å². The maximum absolute atomic E-state index is 8.99. The smallest absolute Gasteiger partial charge is 0.0684 e. The lowest BCUT2D eigenvalue weighted by Gasteiger charge is -2.07. The van der Waals surface area contributed by atoms with Gasteiger partial charge in [0.1, 0.15) is 0 Å². The van der Waals surface area contributed by atoms with Crippen LogP contribution in [0, 0.1) is 0 Å². The van der Waals surface area contributed by atoms with E-state index in [1.54, 1.807) is 19.3 Å². The molecule has 66 valence electrons. The number of nitrogens with zero attached hydrogens (tertiary/aromatic N) is 1. The van der Waals surface area contributed by atoms with E-state index in [0.717, 1.165) is 10.2 Å². The van der Waals surface area contributed by atoms with Gasteiger partial charge in [-0.25, -0.2) is 0 Å². The minimum Gasteiger partial charge on any atom is -0.392 e. The third-order valence-electron chi connectivity index (χ3n) is 1.31. The molecule has 0 aromatic carbocycles. The van der Waals surface area contributed by atoms with Crippen molar-refractivity contribution in [1.82, 2.24) is 4.98 Å². The van der Waals surface area contributed by atoms with Crippen LogP contribution in [-0.4, -0.2) is 22.7 Å². The Labute approximate surface area is 80.0 Å². The summed E-state index contributed by atoms with van der Waals surface area (Å²) in [5.41, 5.74) is 0.908. The summed E-state index contributed by atoms with van der Waals surface area (Å²) in [6.07, 6.45) is 3.09. The summed E-state index contributed by atoms with van der Waals surface area (Å²) in [6, 6.07) is 1.91. The lowest BCUT2D eigenvalue weighted by molar-refractivity contribution is 0.208. The number of rotatable bonds is 3. The monoisotopic (exact) mass is 230 g/mol. The highest BCUT2D eigenvalue weighted by Gasteiger charge is 1.96. The van der Waals surface area contributed by atoms with Crippen molar-refractivity contribution in [2.24, 2.45) is 0 Å². The molecule has 0 bridgehead atoms. The van der Waals surface area contributed by atoms with Crippen molar-refractivity contribution in [3.63, 3.8) is 0 Å². The first kappa shape index (κ1) is 9.48. The summed E-state index contributed by atoms with van der Waals surface area (Å²) in [4.78, 5) is 3.97. The molecule has 1 aromatic rings. The molecule has 1 aromatic heterocycles. The van der Waals surface area contributed by atoms with Crippen LogP contribution in [0.5, 0.6) is 0 Å². The fourth-order valence-electron chi connectivity index (χ4n) is 0.774. The number of halogens is 1. The Morgan fingerprint density at radius 2 is 2.42 bits per heavy atom. The van der Waals surface area contributed by atoms with Crippen LogP contribution < -0.4 is 5.32 Å². The van der Waals surface area contributed by atoms with Crippen LogP contribution in [0.3, 0.4) is 0 Å². The average molecular weight is 231 g/mol. The number of aliphatic hydroxyl groups excluding tert-OH is 1. The van der Waals surface area contributed by atoms with Crippen LogP contribution in [0.25, 0.3) is 0 Å². The van der Waals surface area contributed by atoms with Crippen LogP contribution in [0.1, 0.15) is 6.92 Å². The number of hydrogen-bond donors (Lipinski definition) is 2. The van der Waals surface area contributed by atoms with E-state index < -0.39 is 0 Å². The van der Waals surface area contributed by atoms with Crippen LogP contribution in [-0.2, 0) is 0 Å². The first-order valence-electron chi connectivity index (χ1n) is 3.71. The topological polar surface area (TPSA) is 45.1 Å². The molecule has 0 saturated heterocycles. The normalized spacial score (nSPS) is 12.6. The Hall–Kier alpha value is -0.610. The van der Waals surface area contributed by atoms with E-state index in [0.29, 0.717) is 6.54 Å². The molecule has 1 rings (SSSR count). The van der Waals surface area contributed by atoms with Crippen molar-refractivity contribution >= 4 is 21.6 Å². The van der Waals surface area contributed by atoms with Gasteiger partial charge in [0.05, 0.1) is 18.0 Å². The summed E-state index contributed by atoms with van der Waals surface area (Å²) >= 11 is 3.30. The Balaban J connectivity index is 2.52. The van der Waals surface area contributed by atoms with Gasteiger partial charge in [0.25, 0.3) is 0 Å². The Morgan fingerprint density at radius 3 is 3.00 bits per heavy atom. The van der Waals surface area contributed by atoms with Gasteiger partial charge in [-0.15, -0.1) is 0 Å². The van der Waals surface area contributed by atoms with Crippen molar-refractivity contribution in [3.05, 3.63) is 22.9 Å². The first-order valence-corrected chi connectivity index (χ1v) is 4.50. The molecule has 0 aliphatic rings. The molecule has 4 heteroatoms. The minimum atomic E-state index is -0.344. The number of pyridine rings is 1. The molecular weight excluding hydrogens is 220 g/mol. The summed E-state index contributed by atoms with van der Waals surface area (Å²) in [5.74, 6) is 0. The molecule has 0 fully saturated rings. The van der Waals surface area contributed by atoms with Gasteiger partial charge in [0.2, 0.25) is 0 Å². The van der Waals surface area contributed by atoms with E-state index in [-0.39, 0.29) is 6.10 Å². The second kappa shape index (κ2) is 4.42. The molecule has 1 heterocycles. The number of aliphatic hydroxyl groups is 1. The molecule has 0 saturated carbocycles. The van der Waals surface area contributed by atoms with E-state index in [1.165, 1.54) is 0 Å². The molecule has 1 atom stereocenters. The second-order valence-electron chi connectivity index (χ2n) is 2.62. The maximum Gasteiger partial charge on any atom is 0.0684 e. The fourth-order valence-corrected chi connectivity index (χ4v) is 1.14. The van der Waals surface area contributed by atoms with E-state index >= 15 is 0 Å². The maximum atomic E-state index is 8.99. The fraction of sp³-hybridized carbons (Fsp3) is 0.375. The lowest BCUT2D eigenvalue weighted by Crippen LogP contribution is -2.15. The van der Waals surface area contributed by atoms with Gasteiger partial charge >= 0.3 is 0 Å². The van der Waals surface area contributed by atoms with E-state index in [1.807, 2.05) is 6.07 Å². The highest BCUT2D eigenvalue weighted by molar-refractivity contribution is 9.10. The van der Waals surface area contributed by atoms with E-state index in [2.05, 4.69) is 26.2 Å². The van der Waals surface area contributed by atoms with Crippen molar-refractivity contribution in [2.75, 3.05) is 11.9 Å². The minimum absolute atomic E-state index is 0.344. The predicted molar refractivity (Wildman–Crippen MR) is 52.1 cm³/mol. The molecule has 0 aliphatic heterocycles. The molecule has 0 amide bonds. The molecule has 0 spiro atoms. The molecule has 2 N–H and O–H groups in total. The zero-order chi connectivity index (χ0) is 8.97. The quantitative estimate of drug-likeness (QED) is 0.831. The zero-order valence-corrected chi connectivity index (χ0v) is 8.37. The molecule has 0 radical (unpaired) electrons. The summed E-state index contributed by atoms with van der Waals surface area (Å²) in [5, 5.41) is 12.0. The Bertz CT molecular complexity index is 253. The SMILES string of the molecule is C[C@@H](O)CNc1cncc(Br)c1. The van der Waals surface area contributed by atoms with Gasteiger partial charge < -0.3 is 10.4 Å². The Kier molecular flexibility index (Phi) is 3.49. The van der Waals surface area contributed by atoms with Gasteiger partial charge in [0.15, 0.2) is 0 Å². The Morgan fingerprint density at radius 1 is 1.67 bits per heavy atom. The molecule has 0 aliphatic carbocycles. The summed E-state index contributed by atoms with van der Waals surface area (Å²) in [6.45, 7) is 2.27. The standard InChI is InChI=1S/C8H11BrN2O/c1-6(12)3-11-8-2-7(9)4-10-5-8/h2,4-6,11-12H,3H2,1H3/t6-/m1/s1. The molecule has 3 nitrogen and oxygen atoms in total. The molecule has 0 unspecified atom stereocenters. The average Bonchev–Trinajstić information content (AvgIpc) is 2.01. The highest BCUT2D eigenvalue weighted by Crippen LogP contribution is 2.13. The van der Waals surface area contributed by atoms with Crippen molar-refractivity contribution in [2.45, 2.75) is 13.0 Å². The molecular formula is C8H11BrN2O. The number of hydrogen-bond acceptors (Lipinski definition) is 3. The number of anilines is 1. The lowest BCUT2D eigenvalue weighted by atomic mass is 10.3. The number of aromatic nitrogens is 1. The third-order valence-corrected chi connectivity index (χ3v) is 1.74. The van der Waals surface area contributed by atoms with Crippen molar-refractivity contribution < 1.29 is 5.11 Å². The van der Waals surface area contributed by atoms with E-state index in [4.69, 9.17) is 5.11 Å². The van der Waals surface area contributed by atoms with Crippen LogP contribution in [0.2, 0.25) is 0 Å². The van der Waals surface area contributed by atoms with Crippen LogP contribution in [0.4, 0.5) is 5.69 Å². The van der Waals surface area contributed by atoms with Gasteiger partial charge in [-0.3, -0.25) is 4.98 Å². The first-order chi connectivity index (χ1) is 5.68. The second-order valence-corrected chi connectivity index (χ2v) is 3.54. The van der Waals surface area contributed by atoms with Gasteiger partial charge in [0, 0.05) is 17.2 Å². The summed E-state index contributed by atoms with van der Waals surface area (Å²) in [7, 11) is 0. The van der Waals surface area contributed by atoms with Gasteiger partial charge in [-0.2, -0.15) is 0 Å². The largest absolute Gasteiger partial charge is 0.392 e. The third kappa shape index (κ3) is 3.19. The van der Waals surface area contributed by atoms with Gasteiger partial charge in [-0.05, 0) is 28.9 Å². The van der Waals surface area contributed by atoms with E-state index in [9.17, 15) is 0 Å². The van der Waals surface area contributed by atoms with Gasteiger partial charge in [-0.1, -0.05) is 0 Å². The van der Waals surface area contributed by atoms with Crippen LogP contribution in [0.15, 0.2) is 22.9 Å². The highest BCUT2D eigenvalue weighted by atomic mass is 79.9. The van der Waals surface area contributed by atoms with Crippen molar-refractivity contribution in [3.8, 4) is 0 Å². The summed E-state index contributed by atoms with van der Waals surface area (Å²) < 4.78 is 0.929. The molecule has 12 heavy (non-hydrogen) atoms. The van der Waals surface area contributed by atoms with Crippen molar-refractivity contribution in [1.29, 1.82) is 0 Å².